The Bertz CT molecular complexity index is 1180. The molecule has 2 aromatic carbocycles. The van der Waals surface area contributed by atoms with Crippen LogP contribution in [-0.4, -0.2) is 45.9 Å². The van der Waals surface area contributed by atoms with E-state index in [-0.39, 0.29) is 18.6 Å². The number of benzene rings is 2. The van der Waals surface area contributed by atoms with Gasteiger partial charge in [0.05, 0.1) is 5.69 Å². The van der Waals surface area contributed by atoms with Crippen LogP contribution in [0.5, 0.6) is 11.5 Å². The van der Waals surface area contributed by atoms with Gasteiger partial charge in [0.15, 0.2) is 11.5 Å². The average Bonchev–Trinajstić information content (AvgIpc) is 3.60. The van der Waals surface area contributed by atoms with Crippen molar-refractivity contribution in [2.75, 3.05) is 13.8 Å². The number of rotatable bonds is 8. The molecule has 0 spiro atoms. The smallest absolute Gasteiger partial charge is 0.231 e. The maximum Gasteiger partial charge on any atom is 0.231 e. The summed E-state index contributed by atoms with van der Waals surface area (Å²) in [7, 11) is 1.82. The Morgan fingerprint density at radius 3 is 2.68 bits per heavy atom. The third-order valence-corrected chi connectivity index (χ3v) is 6.58. The lowest BCUT2D eigenvalue weighted by molar-refractivity contribution is -0.131. The van der Waals surface area contributed by atoms with Crippen LogP contribution in [0.15, 0.2) is 60.9 Å². The monoisotopic (exact) mass is 460 g/mol. The first-order valence-corrected chi connectivity index (χ1v) is 11.5. The van der Waals surface area contributed by atoms with Gasteiger partial charge in [0.2, 0.25) is 18.6 Å². The van der Waals surface area contributed by atoms with Crippen molar-refractivity contribution in [3.8, 4) is 17.2 Å². The molecule has 1 N–H and O–H groups in total. The summed E-state index contributed by atoms with van der Waals surface area (Å²) < 4.78 is 12.7. The highest BCUT2D eigenvalue weighted by molar-refractivity contribution is 5.80. The normalized spacial score (nSPS) is 18.7. The summed E-state index contributed by atoms with van der Waals surface area (Å²) in [5.74, 6) is 1.57. The second kappa shape index (κ2) is 9.21. The van der Waals surface area contributed by atoms with E-state index in [1.807, 2.05) is 61.8 Å². The highest BCUT2D eigenvalue weighted by atomic mass is 16.7. The van der Waals surface area contributed by atoms with Crippen molar-refractivity contribution < 1.29 is 19.1 Å². The highest BCUT2D eigenvalue weighted by Gasteiger charge is 2.38. The van der Waals surface area contributed by atoms with Gasteiger partial charge in [-0.25, -0.2) is 4.68 Å². The van der Waals surface area contributed by atoms with Crippen LogP contribution in [0.3, 0.4) is 0 Å². The average molecular weight is 461 g/mol. The molecular formula is C26H28N4O4. The standard InChI is InChI=1S/C26H28N4O4/c1-29(17-19-3-6-21(7-4-19)30-14-2-13-27-30)25(32)10-12-26(11-9-24(31)28-26)16-20-5-8-22-23(15-20)34-18-33-22/h2-8,13-15H,9-12,16-18H2,1H3,(H,28,31)/t26-/m1/s1. The van der Waals surface area contributed by atoms with Crippen LogP contribution in [0, 0.1) is 0 Å². The topological polar surface area (TPSA) is 85.7 Å². The van der Waals surface area contributed by atoms with Gasteiger partial charge in [-0.15, -0.1) is 0 Å². The number of fused-ring (bicyclic) bond motifs is 1. The van der Waals surface area contributed by atoms with Crippen molar-refractivity contribution in [1.29, 1.82) is 0 Å². The zero-order valence-corrected chi connectivity index (χ0v) is 19.2. The Morgan fingerprint density at radius 2 is 1.94 bits per heavy atom. The number of hydrogen-bond acceptors (Lipinski definition) is 5. The molecule has 3 aromatic rings. The fourth-order valence-electron chi connectivity index (χ4n) is 4.70. The van der Waals surface area contributed by atoms with E-state index in [0.29, 0.717) is 38.6 Å². The number of ether oxygens (including phenoxy) is 2. The molecule has 2 amide bonds. The summed E-state index contributed by atoms with van der Waals surface area (Å²) in [5.41, 5.74) is 2.66. The number of carbonyl (C=O) groups excluding carboxylic acids is 2. The van der Waals surface area contributed by atoms with Crippen LogP contribution in [0.4, 0.5) is 0 Å². The lowest BCUT2D eigenvalue weighted by Gasteiger charge is -2.30. The lowest BCUT2D eigenvalue weighted by atomic mass is 9.84. The van der Waals surface area contributed by atoms with Crippen LogP contribution >= 0.6 is 0 Å². The second-order valence-corrected chi connectivity index (χ2v) is 9.06. The summed E-state index contributed by atoms with van der Waals surface area (Å²) in [6.07, 6.45) is 6.45. The number of carbonyl (C=O) groups is 2. The molecule has 176 valence electrons. The summed E-state index contributed by atoms with van der Waals surface area (Å²) >= 11 is 0. The maximum absolute atomic E-state index is 12.9. The number of nitrogens with zero attached hydrogens (tertiary/aromatic N) is 3. The van der Waals surface area contributed by atoms with E-state index in [2.05, 4.69) is 10.4 Å². The molecule has 3 heterocycles. The highest BCUT2D eigenvalue weighted by Crippen LogP contribution is 2.36. The summed E-state index contributed by atoms with van der Waals surface area (Å²) in [4.78, 5) is 26.8. The minimum Gasteiger partial charge on any atom is -0.454 e. The SMILES string of the molecule is CN(Cc1ccc(-n2cccn2)cc1)C(=O)CC[C@@]1(Cc2ccc3c(c2)OCO3)CCC(=O)N1. The summed E-state index contributed by atoms with van der Waals surface area (Å²) in [6, 6.07) is 15.8. The molecule has 1 saturated heterocycles. The van der Waals surface area contributed by atoms with Crippen molar-refractivity contribution in [2.24, 2.45) is 0 Å². The zero-order chi connectivity index (χ0) is 23.5. The molecule has 0 radical (unpaired) electrons. The van der Waals surface area contributed by atoms with Gasteiger partial charge >= 0.3 is 0 Å². The first kappa shape index (κ1) is 22.0. The second-order valence-electron chi connectivity index (χ2n) is 9.06. The molecule has 5 rings (SSSR count). The van der Waals surface area contributed by atoms with Crippen LogP contribution in [0.25, 0.3) is 5.69 Å². The van der Waals surface area contributed by atoms with Crippen molar-refractivity contribution in [3.63, 3.8) is 0 Å². The van der Waals surface area contributed by atoms with Crippen LogP contribution in [-0.2, 0) is 22.6 Å². The molecule has 2 aliphatic heterocycles. The van der Waals surface area contributed by atoms with E-state index in [1.54, 1.807) is 15.8 Å². The molecule has 0 unspecified atom stereocenters. The Labute approximate surface area is 198 Å². The molecule has 34 heavy (non-hydrogen) atoms. The van der Waals surface area contributed by atoms with Gasteiger partial charge < -0.3 is 19.7 Å². The van der Waals surface area contributed by atoms with Gasteiger partial charge in [-0.3, -0.25) is 9.59 Å². The van der Waals surface area contributed by atoms with Crippen molar-refractivity contribution in [1.82, 2.24) is 20.0 Å². The number of hydrogen-bond donors (Lipinski definition) is 1. The number of aromatic nitrogens is 2. The molecular weight excluding hydrogens is 432 g/mol. The quantitative estimate of drug-likeness (QED) is 0.558. The molecule has 0 aliphatic carbocycles. The maximum atomic E-state index is 12.9. The largest absolute Gasteiger partial charge is 0.454 e. The molecule has 0 bridgehead atoms. The van der Waals surface area contributed by atoms with Gasteiger partial charge in [0.1, 0.15) is 0 Å². The molecule has 8 nitrogen and oxygen atoms in total. The predicted molar refractivity (Wildman–Crippen MR) is 126 cm³/mol. The van der Waals surface area contributed by atoms with Crippen molar-refractivity contribution >= 4 is 11.8 Å². The third kappa shape index (κ3) is 4.76. The molecule has 1 aromatic heterocycles. The minimum absolute atomic E-state index is 0.0406. The van der Waals surface area contributed by atoms with Crippen molar-refractivity contribution in [2.45, 2.75) is 44.2 Å². The Morgan fingerprint density at radius 1 is 1.15 bits per heavy atom. The van der Waals surface area contributed by atoms with Gasteiger partial charge in [-0.2, -0.15) is 5.10 Å². The molecule has 1 fully saturated rings. The van der Waals surface area contributed by atoms with E-state index in [1.165, 1.54) is 0 Å². The van der Waals surface area contributed by atoms with E-state index in [4.69, 9.17) is 9.47 Å². The van der Waals surface area contributed by atoms with Gasteiger partial charge in [0, 0.05) is 44.4 Å². The Kier molecular flexibility index (Phi) is 5.96. The molecule has 0 saturated carbocycles. The fraction of sp³-hybridized carbons (Fsp3) is 0.346. The molecule has 8 heteroatoms. The van der Waals surface area contributed by atoms with Gasteiger partial charge in [-0.1, -0.05) is 18.2 Å². The van der Waals surface area contributed by atoms with Crippen molar-refractivity contribution in [3.05, 3.63) is 72.1 Å². The van der Waals surface area contributed by atoms with E-state index in [0.717, 1.165) is 28.3 Å². The Balaban J connectivity index is 1.20. The van der Waals surface area contributed by atoms with Crippen LogP contribution in [0.2, 0.25) is 0 Å². The molecule has 2 aliphatic rings. The minimum atomic E-state index is -0.424. The van der Waals surface area contributed by atoms with E-state index < -0.39 is 5.54 Å². The number of amides is 2. The van der Waals surface area contributed by atoms with Gasteiger partial charge in [0.25, 0.3) is 0 Å². The van der Waals surface area contributed by atoms with E-state index >= 15 is 0 Å². The lowest BCUT2D eigenvalue weighted by Crippen LogP contribution is -2.44. The van der Waals surface area contributed by atoms with E-state index in [9.17, 15) is 9.59 Å². The van der Waals surface area contributed by atoms with Gasteiger partial charge in [-0.05, 0) is 60.7 Å². The van der Waals surface area contributed by atoms with Crippen LogP contribution in [0.1, 0.15) is 36.8 Å². The zero-order valence-electron chi connectivity index (χ0n) is 19.2. The number of nitrogens with one attached hydrogen (secondary N) is 1. The first-order valence-electron chi connectivity index (χ1n) is 11.5. The van der Waals surface area contributed by atoms with Crippen LogP contribution < -0.4 is 14.8 Å². The summed E-state index contributed by atoms with van der Waals surface area (Å²) in [5, 5.41) is 7.39. The first-order chi connectivity index (χ1) is 16.5. The Hall–Kier alpha value is -3.81. The molecule has 1 atom stereocenters. The fourth-order valence-corrected chi connectivity index (χ4v) is 4.70. The summed E-state index contributed by atoms with van der Waals surface area (Å²) in [6.45, 7) is 0.757. The third-order valence-electron chi connectivity index (χ3n) is 6.58. The predicted octanol–water partition coefficient (Wildman–Crippen LogP) is 3.23.